The van der Waals surface area contributed by atoms with Crippen molar-refractivity contribution in [2.45, 2.75) is 52.5 Å². The quantitative estimate of drug-likeness (QED) is 0.849. The van der Waals surface area contributed by atoms with Crippen LogP contribution in [-0.4, -0.2) is 28.5 Å². The largest absolute Gasteiger partial charge is 0.366 e. The first-order valence-electron chi connectivity index (χ1n) is 9.80. The number of rotatable bonds is 6. The third-order valence-corrected chi connectivity index (χ3v) is 5.29. The number of nitrogens with two attached hydrogens (primary N) is 1. The van der Waals surface area contributed by atoms with E-state index in [0.717, 1.165) is 43.5 Å². The fraction of sp³-hybridized carbons (Fsp3) is 0.476. The predicted molar refractivity (Wildman–Crippen MR) is 107 cm³/mol. The minimum atomic E-state index is -0.472. The van der Waals surface area contributed by atoms with Gasteiger partial charge in [-0.25, -0.2) is 4.98 Å². The van der Waals surface area contributed by atoms with E-state index in [9.17, 15) is 9.59 Å². The molecule has 2 aromatic rings. The van der Waals surface area contributed by atoms with E-state index in [1.54, 1.807) is 16.8 Å². The molecule has 1 aliphatic heterocycles. The van der Waals surface area contributed by atoms with Crippen LogP contribution in [0.4, 0.5) is 5.95 Å². The highest BCUT2D eigenvalue weighted by Crippen LogP contribution is 2.20. The Morgan fingerprint density at radius 2 is 1.85 bits per heavy atom. The van der Waals surface area contributed by atoms with Crippen molar-refractivity contribution in [2.24, 2.45) is 5.73 Å². The molecule has 1 aliphatic rings. The Labute approximate surface area is 160 Å². The zero-order chi connectivity index (χ0) is 19.4. The van der Waals surface area contributed by atoms with Gasteiger partial charge in [-0.05, 0) is 49.3 Å². The van der Waals surface area contributed by atoms with Gasteiger partial charge in [0.1, 0.15) is 0 Å². The third-order valence-electron chi connectivity index (χ3n) is 5.29. The van der Waals surface area contributed by atoms with Crippen LogP contribution in [0.25, 0.3) is 0 Å². The van der Waals surface area contributed by atoms with Gasteiger partial charge in [0.15, 0.2) is 0 Å². The minimum absolute atomic E-state index is 0.0367. The van der Waals surface area contributed by atoms with Crippen LogP contribution in [0.2, 0.25) is 0 Å². The van der Waals surface area contributed by atoms with Crippen LogP contribution in [0.5, 0.6) is 0 Å². The zero-order valence-electron chi connectivity index (χ0n) is 16.2. The monoisotopic (exact) mass is 368 g/mol. The van der Waals surface area contributed by atoms with Crippen molar-refractivity contribution in [2.75, 3.05) is 18.0 Å². The first-order chi connectivity index (χ1) is 13.0. The molecule has 144 valence electrons. The lowest BCUT2D eigenvalue weighted by Crippen LogP contribution is -2.37. The SMILES string of the molecule is CCc1ccc(C(N)=O)c(Cn2c(N3CCCCC3)ncc(CC)c2=O)c1. The molecule has 0 bridgehead atoms. The summed E-state index contributed by atoms with van der Waals surface area (Å²) in [6.07, 6.45) is 6.59. The van der Waals surface area contributed by atoms with Crippen LogP contribution in [0, 0.1) is 0 Å². The highest BCUT2D eigenvalue weighted by Gasteiger charge is 2.20. The Kier molecular flexibility index (Phi) is 5.94. The number of anilines is 1. The van der Waals surface area contributed by atoms with Crippen LogP contribution in [0.3, 0.4) is 0 Å². The van der Waals surface area contributed by atoms with Crippen molar-refractivity contribution in [3.05, 3.63) is 57.0 Å². The molecule has 2 heterocycles. The van der Waals surface area contributed by atoms with E-state index in [4.69, 9.17) is 5.73 Å². The summed E-state index contributed by atoms with van der Waals surface area (Å²) in [7, 11) is 0. The number of benzene rings is 1. The van der Waals surface area contributed by atoms with Crippen molar-refractivity contribution >= 4 is 11.9 Å². The van der Waals surface area contributed by atoms with Crippen LogP contribution in [-0.2, 0) is 19.4 Å². The lowest BCUT2D eigenvalue weighted by Gasteiger charge is -2.30. The van der Waals surface area contributed by atoms with Crippen molar-refractivity contribution < 1.29 is 4.79 Å². The molecule has 0 spiro atoms. The Balaban J connectivity index is 2.10. The number of carbonyl (C=O) groups excluding carboxylic acids is 1. The van der Waals surface area contributed by atoms with Crippen molar-refractivity contribution in [1.29, 1.82) is 0 Å². The van der Waals surface area contributed by atoms with Crippen LogP contribution in [0.15, 0.2) is 29.2 Å². The maximum Gasteiger partial charge on any atom is 0.258 e. The summed E-state index contributed by atoms with van der Waals surface area (Å²) >= 11 is 0. The van der Waals surface area contributed by atoms with Crippen LogP contribution >= 0.6 is 0 Å². The molecule has 0 atom stereocenters. The summed E-state index contributed by atoms with van der Waals surface area (Å²) in [5.74, 6) is 0.217. The number of aromatic nitrogens is 2. The van der Waals surface area contributed by atoms with Crippen LogP contribution < -0.4 is 16.2 Å². The fourth-order valence-corrected chi connectivity index (χ4v) is 3.66. The molecule has 1 aromatic heterocycles. The molecular weight excluding hydrogens is 340 g/mol. The summed E-state index contributed by atoms with van der Waals surface area (Å²) in [5.41, 5.74) is 8.58. The highest BCUT2D eigenvalue weighted by atomic mass is 16.1. The van der Waals surface area contributed by atoms with Gasteiger partial charge in [-0.15, -0.1) is 0 Å². The molecule has 6 nitrogen and oxygen atoms in total. The summed E-state index contributed by atoms with van der Waals surface area (Å²) in [5, 5.41) is 0. The highest BCUT2D eigenvalue weighted by molar-refractivity contribution is 5.94. The molecule has 0 saturated carbocycles. The Morgan fingerprint density at radius 1 is 1.11 bits per heavy atom. The Bertz CT molecular complexity index is 882. The topological polar surface area (TPSA) is 81.2 Å². The van der Waals surface area contributed by atoms with Crippen molar-refractivity contribution in [3.63, 3.8) is 0 Å². The number of primary amides is 1. The van der Waals surface area contributed by atoms with Gasteiger partial charge in [-0.3, -0.25) is 14.2 Å². The Morgan fingerprint density at radius 3 is 2.48 bits per heavy atom. The fourth-order valence-electron chi connectivity index (χ4n) is 3.66. The second-order valence-electron chi connectivity index (χ2n) is 7.09. The first kappa shape index (κ1) is 19.1. The standard InChI is InChI=1S/C21H28N4O2/c1-3-15-8-9-18(19(22)26)17(12-15)14-25-20(27)16(4-2)13-23-21(25)24-10-6-5-7-11-24/h8-9,12-13H,3-7,10-11,14H2,1-2H3,(H2,22,26). The third kappa shape index (κ3) is 4.04. The molecule has 0 aliphatic carbocycles. The van der Waals surface area contributed by atoms with E-state index in [0.29, 0.717) is 30.0 Å². The minimum Gasteiger partial charge on any atom is -0.366 e. The van der Waals surface area contributed by atoms with Crippen molar-refractivity contribution in [1.82, 2.24) is 9.55 Å². The lowest BCUT2D eigenvalue weighted by molar-refractivity contribution is 0.0999. The van der Waals surface area contributed by atoms with E-state index in [2.05, 4.69) is 16.8 Å². The molecule has 1 fully saturated rings. The van der Waals surface area contributed by atoms with E-state index in [-0.39, 0.29) is 5.56 Å². The molecule has 1 saturated heterocycles. The molecule has 0 radical (unpaired) electrons. The van der Waals surface area contributed by atoms with Crippen molar-refractivity contribution in [3.8, 4) is 0 Å². The number of aryl methyl sites for hydroxylation is 2. The van der Waals surface area contributed by atoms with E-state index < -0.39 is 5.91 Å². The first-order valence-corrected chi connectivity index (χ1v) is 9.80. The molecular formula is C21H28N4O2. The van der Waals surface area contributed by atoms with Gasteiger partial charge in [0.2, 0.25) is 11.9 Å². The normalized spacial score (nSPS) is 14.4. The average molecular weight is 368 g/mol. The molecule has 1 amide bonds. The second-order valence-corrected chi connectivity index (χ2v) is 7.09. The van der Waals surface area contributed by atoms with Gasteiger partial charge in [0, 0.05) is 30.4 Å². The number of hydrogen-bond donors (Lipinski definition) is 1. The zero-order valence-corrected chi connectivity index (χ0v) is 16.2. The average Bonchev–Trinajstić information content (AvgIpc) is 2.69. The number of nitrogens with zero attached hydrogens (tertiary/aromatic N) is 3. The summed E-state index contributed by atoms with van der Waals surface area (Å²) < 4.78 is 1.71. The van der Waals surface area contributed by atoms with Gasteiger partial charge >= 0.3 is 0 Å². The van der Waals surface area contributed by atoms with Gasteiger partial charge in [-0.1, -0.05) is 26.0 Å². The van der Waals surface area contributed by atoms with Gasteiger partial charge in [0.25, 0.3) is 5.56 Å². The Hall–Kier alpha value is -2.63. The predicted octanol–water partition coefficient (Wildman–Crippen LogP) is 2.51. The summed E-state index contributed by atoms with van der Waals surface area (Å²) in [6.45, 7) is 6.12. The number of carbonyl (C=O) groups is 1. The van der Waals surface area contributed by atoms with Gasteiger partial charge < -0.3 is 10.6 Å². The van der Waals surface area contributed by atoms with E-state index >= 15 is 0 Å². The molecule has 27 heavy (non-hydrogen) atoms. The molecule has 0 unspecified atom stereocenters. The van der Waals surface area contributed by atoms with Gasteiger partial charge in [-0.2, -0.15) is 0 Å². The summed E-state index contributed by atoms with van der Waals surface area (Å²) in [4.78, 5) is 31.8. The number of hydrogen-bond acceptors (Lipinski definition) is 4. The number of piperidine rings is 1. The maximum atomic E-state index is 13.1. The van der Waals surface area contributed by atoms with Crippen LogP contribution in [0.1, 0.15) is 60.2 Å². The lowest BCUT2D eigenvalue weighted by atomic mass is 10.0. The number of amides is 1. The van der Waals surface area contributed by atoms with E-state index in [1.165, 1.54) is 6.42 Å². The molecule has 6 heteroatoms. The maximum absolute atomic E-state index is 13.1. The molecule has 3 rings (SSSR count). The van der Waals surface area contributed by atoms with E-state index in [1.807, 2.05) is 19.1 Å². The van der Waals surface area contributed by atoms with Gasteiger partial charge in [0.05, 0.1) is 6.54 Å². The summed E-state index contributed by atoms with van der Waals surface area (Å²) in [6, 6.07) is 5.66. The smallest absolute Gasteiger partial charge is 0.258 e. The molecule has 1 aromatic carbocycles. The second kappa shape index (κ2) is 8.37. The molecule has 2 N–H and O–H groups in total.